The summed E-state index contributed by atoms with van der Waals surface area (Å²) in [4.78, 5) is 7.51. The second-order valence-corrected chi connectivity index (χ2v) is 9.33. The number of hydrogen-bond acceptors (Lipinski definition) is 5. The number of nitrogens with zero attached hydrogens (tertiary/aromatic N) is 3. The highest BCUT2D eigenvalue weighted by molar-refractivity contribution is 7.19. The molecule has 0 radical (unpaired) electrons. The number of benzene rings is 1. The Kier molecular flexibility index (Phi) is 5.07. The fourth-order valence-corrected chi connectivity index (χ4v) is 6.19. The van der Waals surface area contributed by atoms with Gasteiger partial charge < -0.3 is 9.84 Å². The maximum Gasteiger partial charge on any atom is 0.141 e. The summed E-state index contributed by atoms with van der Waals surface area (Å²) >= 11 is 1.82. The maximum atomic E-state index is 10.5. The SMILES string of the molecule is C=C(O)C(OCC)c1c(C)nc2sc3c(c2c1-c1ccc2c(cnn2C)c1)CCCC3. The second kappa shape index (κ2) is 7.77. The number of hydrogen-bond donors (Lipinski definition) is 1. The highest BCUT2D eigenvalue weighted by atomic mass is 32.1. The topological polar surface area (TPSA) is 60.2 Å². The van der Waals surface area contributed by atoms with Gasteiger partial charge in [-0.25, -0.2) is 4.98 Å². The van der Waals surface area contributed by atoms with Crippen LogP contribution in [0.2, 0.25) is 0 Å². The van der Waals surface area contributed by atoms with Gasteiger partial charge in [0.05, 0.1) is 11.7 Å². The number of rotatable bonds is 5. The molecule has 1 aliphatic carbocycles. The van der Waals surface area contributed by atoms with Crippen LogP contribution in [0.15, 0.2) is 36.7 Å². The maximum absolute atomic E-state index is 10.5. The number of aliphatic hydroxyl groups excluding tert-OH is 1. The smallest absolute Gasteiger partial charge is 0.141 e. The van der Waals surface area contributed by atoms with Crippen LogP contribution < -0.4 is 0 Å². The Hall–Kier alpha value is -2.70. The first-order valence-electron chi connectivity index (χ1n) is 10.9. The van der Waals surface area contributed by atoms with E-state index in [4.69, 9.17) is 9.72 Å². The first kappa shape index (κ1) is 20.2. The molecule has 1 aliphatic rings. The molecule has 0 bridgehead atoms. The minimum Gasteiger partial charge on any atom is -0.510 e. The Balaban J connectivity index is 1.88. The van der Waals surface area contributed by atoms with Gasteiger partial charge in [-0.05, 0) is 62.8 Å². The molecule has 3 aromatic heterocycles. The molecule has 1 atom stereocenters. The Morgan fingerprint density at radius 3 is 2.90 bits per heavy atom. The van der Waals surface area contributed by atoms with Crippen LogP contribution in [-0.2, 0) is 24.6 Å². The van der Waals surface area contributed by atoms with Crippen molar-refractivity contribution in [1.29, 1.82) is 0 Å². The predicted octanol–water partition coefficient (Wildman–Crippen LogP) is 6.19. The molecule has 0 saturated heterocycles. The van der Waals surface area contributed by atoms with Gasteiger partial charge in [0.25, 0.3) is 0 Å². The average Bonchev–Trinajstić information content (AvgIpc) is 3.31. The standard InChI is InChI=1S/C25H27N3O2S/c1-5-30-24(15(3)29)21-14(2)27-25-23(18-8-6-7-9-20(18)31-25)22(21)16-10-11-19-17(12-16)13-26-28(19)4/h10-13,24,29H,3,5-9H2,1-2,4H3. The lowest BCUT2D eigenvalue weighted by Crippen LogP contribution is -2.12. The number of fused-ring (bicyclic) bond motifs is 4. The summed E-state index contributed by atoms with van der Waals surface area (Å²) in [6.07, 6.45) is 5.91. The largest absolute Gasteiger partial charge is 0.510 e. The summed E-state index contributed by atoms with van der Waals surface area (Å²) in [6, 6.07) is 6.46. The quantitative estimate of drug-likeness (QED) is 0.381. The molecule has 5 nitrogen and oxygen atoms in total. The van der Waals surface area contributed by atoms with Gasteiger partial charge in [0.15, 0.2) is 0 Å². The molecule has 0 aliphatic heterocycles. The molecule has 4 aromatic rings. The monoisotopic (exact) mass is 433 g/mol. The molecule has 0 saturated carbocycles. The molecule has 0 spiro atoms. The van der Waals surface area contributed by atoms with Crippen LogP contribution in [0, 0.1) is 6.92 Å². The zero-order valence-electron chi connectivity index (χ0n) is 18.2. The van der Waals surface area contributed by atoms with Crippen LogP contribution in [0.4, 0.5) is 0 Å². The molecule has 1 N–H and O–H groups in total. The molecule has 6 heteroatoms. The molecule has 0 fully saturated rings. The lowest BCUT2D eigenvalue weighted by molar-refractivity contribution is 0.0580. The van der Waals surface area contributed by atoms with E-state index in [2.05, 4.69) is 29.9 Å². The van der Waals surface area contributed by atoms with Crippen LogP contribution in [-0.4, -0.2) is 26.5 Å². The van der Waals surface area contributed by atoms with Gasteiger partial charge in [-0.1, -0.05) is 12.6 Å². The van der Waals surface area contributed by atoms with Gasteiger partial charge in [-0.15, -0.1) is 11.3 Å². The summed E-state index contributed by atoms with van der Waals surface area (Å²) in [5, 5.41) is 17.2. The van der Waals surface area contributed by atoms with Crippen molar-refractivity contribution in [1.82, 2.24) is 14.8 Å². The highest BCUT2D eigenvalue weighted by Crippen LogP contribution is 2.46. The van der Waals surface area contributed by atoms with Crippen molar-refractivity contribution in [2.75, 3.05) is 6.61 Å². The van der Waals surface area contributed by atoms with Gasteiger partial charge in [-0.2, -0.15) is 5.10 Å². The summed E-state index contributed by atoms with van der Waals surface area (Å²) in [5.74, 6) is 0.0129. The van der Waals surface area contributed by atoms with Gasteiger partial charge in [0.2, 0.25) is 0 Å². The van der Waals surface area contributed by atoms with Crippen molar-refractivity contribution in [3.63, 3.8) is 0 Å². The summed E-state index contributed by atoms with van der Waals surface area (Å²) in [5.41, 5.74) is 6.51. The third-order valence-corrected chi connectivity index (χ3v) is 7.45. The zero-order valence-corrected chi connectivity index (χ0v) is 19.1. The van der Waals surface area contributed by atoms with Crippen molar-refractivity contribution in [3.05, 3.63) is 58.4 Å². The molecular weight excluding hydrogens is 406 g/mol. The van der Waals surface area contributed by atoms with Gasteiger partial charge in [0.1, 0.15) is 16.7 Å². The number of aryl methyl sites for hydroxylation is 4. The van der Waals surface area contributed by atoms with Crippen LogP contribution in [0.1, 0.15) is 47.6 Å². The van der Waals surface area contributed by atoms with E-state index in [1.165, 1.54) is 28.7 Å². The Labute approximate surface area is 186 Å². The molecule has 0 amide bonds. The predicted molar refractivity (Wildman–Crippen MR) is 127 cm³/mol. The molecule has 3 heterocycles. The van der Waals surface area contributed by atoms with E-state index in [9.17, 15) is 5.11 Å². The number of pyridine rings is 1. The van der Waals surface area contributed by atoms with E-state index in [-0.39, 0.29) is 5.76 Å². The van der Waals surface area contributed by atoms with Crippen molar-refractivity contribution >= 4 is 32.5 Å². The van der Waals surface area contributed by atoms with Crippen molar-refractivity contribution in [3.8, 4) is 11.1 Å². The summed E-state index contributed by atoms with van der Waals surface area (Å²) < 4.78 is 7.88. The minimum atomic E-state index is -0.611. The normalized spacial score (nSPS) is 14.8. The third kappa shape index (κ3) is 3.25. The fourth-order valence-electron chi connectivity index (χ4n) is 4.87. The Morgan fingerprint density at radius 1 is 1.32 bits per heavy atom. The van der Waals surface area contributed by atoms with Crippen molar-refractivity contribution in [2.24, 2.45) is 7.05 Å². The van der Waals surface area contributed by atoms with Gasteiger partial charge in [-0.3, -0.25) is 4.68 Å². The van der Waals surface area contributed by atoms with Crippen molar-refractivity contribution in [2.45, 2.75) is 45.6 Å². The second-order valence-electron chi connectivity index (χ2n) is 8.25. The van der Waals surface area contributed by atoms with Crippen LogP contribution >= 0.6 is 11.3 Å². The molecule has 5 rings (SSSR count). The van der Waals surface area contributed by atoms with E-state index < -0.39 is 6.10 Å². The van der Waals surface area contributed by atoms with Crippen LogP contribution in [0.25, 0.3) is 32.2 Å². The number of aromatic nitrogens is 3. The van der Waals surface area contributed by atoms with E-state index in [1.54, 1.807) is 0 Å². The first-order chi connectivity index (χ1) is 15.0. The van der Waals surface area contributed by atoms with E-state index >= 15 is 0 Å². The number of aliphatic hydroxyl groups is 1. The summed E-state index contributed by atoms with van der Waals surface area (Å²) in [6.45, 7) is 8.25. The minimum absolute atomic E-state index is 0.0129. The lowest BCUT2D eigenvalue weighted by Gasteiger charge is -2.23. The van der Waals surface area contributed by atoms with E-state index in [1.807, 2.05) is 43.1 Å². The highest BCUT2D eigenvalue weighted by Gasteiger charge is 2.29. The van der Waals surface area contributed by atoms with E-state index in [0.717, 1.165) is 51.0 Å². The number of thiophene rings is 1. The Morgan fingerprint density at radius 2 is 2.13 bits per heavy atom. The van der Waals surface area contributed by atoms with Crippen molar-refractivity contribution < 1.29 is 9.84 Å². The molecule has 160 valence electrons. The molecular formula is C25H27N3O2S. The molecule has 1 aromatic carbocycles. The summed E-state index contributed by atoms with van der Waals surface area (Å²) in [7, 11) is 1.96. The van der Waals surface area contributed by atoms with Crippen LogP contribution in [0.5, 0.6) is 0 Å². The Bertz CT molecular complexity index is 1320. The van der Waals surface area contributed by atoms with Crippen LogP contribution in [0.3, 0.4) is 0 Å². The zero-order chi connectivity index (χ0) is 21.7. The lowest BCUT2D eigenvalue weighted by atomic mass is 9.87. The van der Waals surface area contributed by atoms with Gasteiger partial charge >= 0.3 is 0 Å². The fraction of sp³-hybridized carbons (Fsp3) is 0.360. The first-order valence-corrected chi connectivity index (χ1v) is 11.7. The number of ether oxygens (including phenoxy) is 1. The van der Waals surface area contributed by atoms with E-state index in [0.29, 0.717) is 6.61 Å². The third-order valence-electron chi connectivity index (χ3n) is 6.26. The molecule has 31 heavy (non-hydrogen) atoms. The molecule has 1 unspecified atom stereocenters. The van der Waals surface area contributed by atoms with Gasteiger partial charge in [0, 0.05) is 46.1 Å². The average molecular weight is 434 g/mol.